The van der Waals surface area contributed by atoms with Crippen molar-refractivity contribution in [1.82, 2.24) is 5.32 Å². The van der Waals surface area contributed by atoms with Gasteiger partial charge in [-0.1, -0.05) is 109 Å². The zero-order valence-electron chi connectivity index (χ0n) is 36.3. The van der Waals surface area contributed by atoms with Crippen LogP contribution in [0, 0.1) is 28.1 Å². The molecule has 3 N–H and O–H groups in total. The number of rotatable bonds is 14. The molecule has 6 rings (SSSR count). The molecule has 2 aromatic carbocycles. The fourth-order valence-corrected chi connectivity index (χ4v) is 11.2. The summed E-state index contributed by atoms with van der Waals surface area (Å²) in [5.41, 5.74) is -3.50. The Bertz CT molecular complexity index is 1960. The molecular weight excluding hydrogens is 767 g/mol. The molecule has 11 atom stereocenters. The number of Topliss-reactive ketones (excluding diaryl/α,β-unsaturated/α-hetero) is 1. The van der Waals surface area contributed by atoms with Gasteiger partial charge in [0.2, 0.25) is 6.10 Å². The second-order valence-electron chi connectivity index (χ2n) is 18.5. The van der Waals surface area contributed by atoms with Crippen LogP contribution in [0.3, 0.4) is 0 Å². The number of aliphatic hydroxyl groups excluding tert-OH is 1. The number of esters is 3. The molecule has 12 heteroatoms. The maximum Gasteiger partial charge on any atom is 0.350 e. The Morgan fingerprint density at radius 3 is 2.17 bits per heavy atom. The summed E-state index contributed by atoms with van der Waals surface area (Å²) in [7, 11) is 0. The highest BCUT2D eigenvalue weighted by Crippen LogP contribution is 2.67. The summed E-state index contributed by atoms with van der Waals surface area (Å²) in [5, 5.41) is 28.1. The molecule has 1 saturated heterocycles. The fourth-order valence-electron chi connectivity index (χ4n) is 11.2. The smallest absolute Gasteiger partial charge is 0.350 e. The minimum absolute atomic E-state index is 0.0429. The summed E-state index contributed by atoms with van der Waals surface area (Å²) in [6, 6.07) is 16.0. The molecule has 0 spiro atoms. The molecule has 0 aromatic heterocycles. The summed E-state index contributed by atoms with van der Waals surface area (Å²) in [4.78, 5) is 70.3. The number of amides is 1. The average molecular weight is 830 g/mol. The van der Waals surface area contributed by atoms with E-state index >= 15 is 4.79 Å². The lowest BCUT2D eigenvalue weighted by atomic mass is 9.40. The molecule has 4 aliphatic rings. The number of carbonyl (C=O) groups excluding carboxylic acids is 5. The highest BCUT2D eigenvalue weighted by molar-refractivity contribution is 5.96. The largest absolute Gasteiger partial charge is 0.455 e. The highest BCUT2D eigenvalue weighted by atomic mass is 16.6. The first-order chi connectivity index (χ1) is 28.3. The number of benzene rings is 2. The van der Waals surface area contributed by atoms with Crippen LogP contribution in [0.15, 0.2) is 71.8 Å². The van der Waals surface area contributed by atoms with Crippen LogP contribution >= 0.6 is 0 Å². The predicted octanol–water partition coefficient (Wildman–Crippen LogP) is 6.76. The van der Waals surface area contributed by atoms with E-state index in [0.29, 0.717) is 29.7 Å². The van der Waals surface area contributed by atoms with Gasteiger partial charge in [-0.2, -0.15) is 0 Å². The number of carbonyl (C=O) groups is 5. The molecule has 3 fully saturated rings. The van der Waals surface area contributed by atoms with E-state index in [4.69, 9.17) is 18.9 Å². The van der Waals surface area contributed by atoms with Gasteiger partial charge in [0, 0.05) is 42.6 Å². The second kappa shape index (κ2) is 17.5. The first-order valence-electron chi connectivity index (χ1n) is 21.6. The molecule has 326 valence electrons. The van der Waals surface area contributed by atoms with Crippen LogP contribution in [-0.2, 0) is 38.1 Å². The molecule has 2 saturated carbocycles. The number of unbranched alkanes of at least 4 members (excludes halogenated alkanes) is 4. The van der Waals surface area contributed by atoms with Crippen molar-refractivity contribution < 1.29 is 53.1 Å². The molecule has 3 aliphatic carbocycles. The molecule has 12 nitrogen and oxygen atoms in total. The van der Waals surface area contributed by atoms with Crippen molar-refractivity contribution in [3.8, 4) is 0 Å². The first-order valence-corrected chi connectivity index (χ1v) is 21.6. The molecule has 1 unspecified atom stereocenters. The van der Waals surface area contributed by atoms with Crippen molar-refractivity contribution >= 4 is 29.6 Å². The Hall–Kier alpha value is -4.39. The number of fused-ring (bicyclic) bond motifs is 5. The van der Waals surface area contributed by atoms with Crippen molar-refractivity contribution in [2.45, 2.75) is 149 Å². The number of ketones is 1. The lowest BCUT2D eigenvalue weighted by Gasteiger charge is -2.68. The van der Waals surface area contributed by atoms with Crippen molar-refractivity contribution in [1.29, 1.82) is 0 Å². The van der Waals surface area contributed by atoms with Gasteiger partial charge < -0.3 is 34.5 Å². The van der Waals surface area contributed by atoms with E-state index in [1.54, 1.807) is 88.4 Å². The van der Waals surface area contributed by atoms with Gasteiger partial charge in [-0.25, -0.2) is 4.79 Å². The monoisotopic (exact) mass is 829 g/mol. The van der Waals surface area contributed by atoms with Gasteiger partial charge in [0.05, 0.1) is 29.8 Å². The van der Waals surface area contributed by atoms with Gasteiger partial charge in [0.25, 0.3) is 5.91 Å². The van der Waals surface area contributed by atoms with Gasteiger partial charge in [0.15, 0.2) is 11.9 Å². The van der Waals surface area contributed by atoms with Crippen LogP contribution in [0.25, 0.3) is 0 Å². The zero-order chi connectivity index (χ0) is 43.8. The van der Waals surface area contributed by atoms with E-state index in [2.05, 4.69) is 12.2 Å². The Balaban J connectivity index is 1.44. The standard InChI is InChI=1S/C48H63NO11/c1-9-10-11-12-19-24-36(52)60-40(38(31-20-15-13-16-21-31)49-43(54)32-22-17-14-18-23-32)44(55)59-33-26-48(56)29(3)41-46(7)27-57-35(46)25-34(51)47(41,8)42(53)39(58-30(4)50)37(28(33)2)45(48,5)6/h13-18,20-23,29,33-35,38-41,51,56H,9-12,19,24-27H2,1-8H3,(H,49,54)/t29-,33-,34-,35+,38-,39+,40+,41?,46+,47+,48+/m0/s1. The Morgan fingerprint density at radius 2 is 1.57 bits per heavy atom. The summed E-state index contributed by atoms with van der Waals surface area (Å²) in [5.74, 6) is -4.67. The molecule has 2 bridgehead atoms. The zero-order valence-corrected chi connectivity index (χ0v) is 36.3. The van der Waals surface area contributed by atoms with E-state index in [-0.39, 0.29) is 30.9 Å². The molecular formula is C48H63NO11. The fraction of sp³-hybridized carbons (Fsp3) is 0.604. The third kappa shape index (κ3) is 7.95. The van der Waals surface area contributed by atoms with E-state index in [9.17, 15) is 29.4 Å². The van der Waals surface area contributed by atoms with Gasteiger partial charge in [-0.05, 0) is 60.9 Å². The minimum Gasteiger partial charge on any atom is -0.455 e. The SMILES string of the molecule is CCCCCCCC(=O)O[C@@H](C(=O)O[C@H]1C[C@@]2(O)[C@@H](C)C3[C@]4(C)CO[C@@H]4C[C@H](O)[C@@]3(C)C(=O)[C@H](OC(C)=O)C(=C1C)C2(C)C)[C@@H](NC(=O)c1ccccc1)c1ccccc1. The Labute approximate surface area is 353 Å². The molecule has 1 aliphatic heterocycles. The van der Waals surface area contributed by atoms with Crippen molar-refractivity contribution in [3.63, 3.8) is 0 Å². The molecule has 1 amide bonds. The van der Waals surface area contributed by atoms with Crippen LogP contribution < -0.4 is 5.32 Å². The topological polar surface area (TPSA) is 175 Å². The number of aliphatic hydroxyl groups is 2. The van der Waals surface area contributed by atoms with Gasteiger partial charge in [0.1, 0.15) is 12.1 Å². The number of hydrogen-bond donors (Lipinski definition) is 3. The summed E-state index contributed by atoms with van der Waals surface area (Å²) >= 11 is 0. The molecule has 2 aromatic rings. The van der Waals surface area contributed by atoms with Crippen molar-refractivity contribution in [3.05, 3.63) is 82.9 Å². The van der Waals surface area contributed by atoms with E-state index in [1.165, 1.54) is 6.92 Å². The number of ether oxygens (including phenoxy) is 4. The first kappa shape index (κ1) is 45.1. The second-order valence-corrected chi connectivity index (χ2v) is 18.5. The molecule has 0 radical (unpaired) electrons. The Kier molecular flexibility index (Phi) is 13.2. The van der Waals surface area contributed by atoms with E-state index in [1.807, 2.05) is 13.8 Å². The van der Waals surface area contributed by atoms with Crippen molar-refractivity contribution in [2.75, 3.05) is 6.61 Å². The average Bonchev–Trinajstić information content (AvgIpc) is 3.21. The van der Waals surface area contributed by atoms with Crippen LogP contribution in [0.4, 0.5) is 0 Å². The summed E-state index contributed by atoms with van der Waals surface area (Å²) < 4.78 is 24.3. The normalized spacial score (nSPS) is 32.7. The number of nitrogens with one attached hydrogen (secondary N) is 1. The summed E-state index contributed by atoms with van der Waals surface area (Å²) in [6.45, 7) is 14.5. The van der Waals surface area contributed by atoms with Gasteiger partial charge in [-0.3, -0.25) is 19.2 Å². The van der Waals surface area contributed by atoms with Gasteiger partial charge in [-0.15, -0.1) is 0 Å². The predicted molar refractivity (Wildman–Crippen MR) is 222 cm³/mol. The Morgan fingerprint density at radius 1 is 0.933 bits per heavy atom. The maximum atomic E-state index is 15.2. The molecule has 60 heavy (non-hydrogen) atoms. The van der Waals surface area contributed by atoms with Crippen LogP contribution in [0.2, 0.25) is 0 Å². The number of hydrogen-bond acceptors (Lipinski definition) is 11. The lowest BCUT2D eigenvalue weighted by Crippen LogP contribution is -2.75. The maximum absolute atomic E-state index is 15.2. The quantitative estimate of drug-likeness (QED) is 0.0794. The third-order valence-corrected chi connectivity index (χ3v) is 14.6. The van der Waals surface area contributed by atoms with Crippen LogP contribution in [0.1, 0.15) is 129 Å². The summed E-state index contributed by atoms with van der Waals surface area (Å²) in [6.07, 6.45) is -1.41. The third-order valence-electron chi connectivity index (χ3n) is 14.6. The van der Waals surface area contributed by atoms with Gasteiger partial charge >= 0.3 is 17.9 Å². The van der Waals surface area contributed by atoms with E-state index < -0.39 is 93.7 Å². The van der Waals surface area contributed by atoms with Crippen molar-refractivity contribution in [2.24, 2.45) is 28.1 Å². The highest BCUT2D eigenvalue weighted by Gasteiger charge is 2.73. The van der Waals surface area contributed by atoms with Crippen LogP contribution in [0.5, 0.6) is 0 Å². The molecule has 1 heterocycles. The van der Waals surface area contributed by atoms with E-state index in [0.717, 1.165) is 25.7 Å². The minimum atomic E-state index is -1.71. The lowest BCUT2D eigenvalue weighted by molar-refractivity contribution is -0.302. The van der Waals surface area contributed by atoms with Crippen LogP contribution in [-0.4, -0.2) is 82.5 Å².